The zero-order chi connectivity index (χ0) is 10.8. The number of aromatic nitrogens is 2. The first-order chi connectivity index (χ1) is 7.19. The van der Waals surface area contributed by atoms with E-state index in [-0.39, 0.29) is 6.04 Å². The number of nitrogen functional groups attached to an aromatic ring is 1. The molecule has 0 aliphatic carbocycles. The number of nitrogens with one attached hydrogen (secondary N) is 2. The van der Waals surface area contributed by atoms with Crippen molar-refractivity contribution in [1.82, 2.24) is 9.97 Å². The molecule has 0 bridgehead atoms. The molecule has 0 amide bonds. The maximum atomic E-state index is 5.68. The molecule has 0 aliphatic rings. The van der Waals surface area contributed by atoms with Gasteiger partial charge in [-0.05, 0) is 25.1 Å². The highest BCUT2D eigenvalue weighted by molar-refractivity contribution is 5.80. The Balaban J connectivity index is 2.34. The number of nitrogens with zero attached hydrogens (tertiary/aromatic N) is 1. The van der Waals surface area contributed by atoms with Crippen LogP contribution in [0, 0.1) is 0 Å². The van der Waals surface area contributed by atoms with E-state index in [0.29, 0.717) is 0 Å². The van der Waals surface area contributed by atoms with Crippen LogP contribution in [0.4, 0.5) is 11.6 Å². The molecule has 15 heavy (non-hydrogen) atoms. The van der Waals surface area contributed by atoms with Crippen LogP contribution in [0.5, 0.6) is 0 Å². The molecule has 0 fully saturated rings. The van der Waals surface area contributed by atoms with Gasteiger partial charge in [0.15, 0.2) is 0 Å². The second-order valence-corrected chi connectivity index (χ2v) is 3.53. The van der Waals surface area contributed by atoms with Crippen molar-refractivity contribution in [2.75, 3.05) is 11.1 Å². The van der Waals surface area contributed by atoms with Crippen LogP contribution in [-0.2, 0) is 0 Å². The molecule has 0 saturated carbocycles. The standard InChI is InChI=1S/C11H14N4/c1-3-7(2)13-11-14-9-5-4-8(12)6-10(9)15-11/h3-7H,1,12H2,2H3,(H2,13,14,15). The van der Waals surface area contributed by atoms with Gasteiger partial charge in [-0.15, -0.1) is 6.58 Å². The van der Waals surface area contributed by atoms with E-state index in [0.717, 1.165) is 22.7 Å². The fraction of sp³-hybridized carbons (Fsp3) is 0.182. The van der Waals surface area contributed by atoms with Gasteiger partial charge >= 0.3 is 0 Å². The Labute approximate surface area is 88.2 Å². The van der Waals surface area contributed by atoms with Gasteiger partial charge in [0.2, 0.25) is 5.95 Å². The van der Waals surface area contributed by atoms with Gasteiger partial charge in [0.25, 0.3) is 0 Å². The lowest BCUT2D eigenvalue weighted by molar-refractivity contribution is 0.975. The van der Waals surface area contributed by atoms with Crippen LogP contribution in [0.25, 0.3) is 11.0 Å². The van der Waals surface area contributed by atoms with Crippen LogP contribution in [0.3, 0.4) is 0 Å². The summed E-state index contributed by atoms with van der Waals surface area (Å²) in [7, 11) is 0. The van der Waals surface area contributed by atoms with E-state index in [1.165, 1.54) is 0 Å². The molecule has 0 aliphatic heterocycles. The third-order valence-corrected chi connectivity index (χ3v) is 2.22. The number of nitrogens with two attached hydrogens (primary N) is 1. The molecule has 1 aromatic heterocycles. The van der Waals surface area contributed by atoms with Gasteiger partial charge in [-0.2, -0.15) is 0 Å². The van der Waals surface area contributed by atoms with Crippen molar-refractivity contribution in [2.24, 2.45) is 0 Å². The van der Waals surface area contributed by atoms with Crippen LogP contribution in [-0.4, -0.2) is 16.0 Å². The number of benzene rings is 1. The van der Waals surface area contributed by atoms with Gasteiger partial charge in [0, 0.05) is 11.7 Å². The predicted octanol–water partition coefficient (Wildman–Crippen LogP) is 2.13. The summed E-state index contributed by atoms with van der Waals surface area (Å²) < 4.78 is 0. The quantitative estimate of drug-likeness (QED) is 0.527. The Morgan fingerprint density at radius 3 is 3.13 bits per heavy atom. The van der Waals surface area contributed by atoms with E-state index >= 15 is 0 Å². The first-order valence-electron chi connectivity index (χ1n) is 4.83. The average molecular weight is 202 g/mol. The van der Waals surface area contributed by atoms with E-state index < -0.39 is 0 Å². The highest BCUT2D eigenvalue weighted by Crippen LogP contribution is 2.17. The summed E-state index contributed by atoms with van der Waals surface area (Å²) in [5.41, 5.74) is 8.25. The Hall–Kier alpha value is -1.97. The minimum Gasteiger partial charge on any atom is -0.399 e. The fourth-order valence-corrected chi connectivity index (χ4v) is 1.37. The summed E-state index contributed by atoms with van der Waals surface area (Å²) in [5, 5.41) is 3.17. The molecule has 1 atom stereocenters. The van der Waals surface area contributed by atoms with E-state index in [2.05, 4.69) is 21.9 Å². The van der Waals surface area contributed by atoms with Crippen molar-refractivity contribution in [3.63, 3.8) is 0 Å². The molecule has 1 aromatic carbocycles. The topological polar surface area (TPSA) is 66.7 Å². The smallest absolute Gasteiger partial charge is 0.201 e. The second kappa shape index (κ2) is 3.65. The molecule has 4 heteroatoms. The third kappa shape index (κ3) is 1.93. The summed E-state index contributed by atoms with van der Waals surface area (Å²) >= 11 is 0. The molecule has 1 heterocycles. The van der Waals surface area contributed by atoms with Gasteiger partial charge in [0.1, 0.15) is 0 Å². The number of hydrogen-bond acceptors (Lipinski definition) is 3. The monoisotopic (exact) mass is 202 g/mol. The molecule has 4 N–H and O–H groups in total. The van der Waals surface area contributed by atoms with Crippen LogP contribution >= 0.6 is 0 Å². The molecular formula is C11H14N4. The summed E-state index contributed by atoms with van der Waals surface area (Å²) in [4.78, 5) is 7.52. The van der Waals surface area contributed by atoms with Crippen LogP contribution in [0.1, 0.15) is 6.92 Å². The Kier molecular flexibility index (Phi) is 2.33. The summed E-state index contributed by atoms with van der Waals surface area (Å²) in [6, 6.07) is 5.78. The van der Waals surface area contributed by atoms with Crippen molar-refractivity contribution < 1.29 is 0 Å². The van der Waals surface area contributed by atoms with Crippen molar-refractivity contribution in [1.29, 1.82) is 0 Å². The van der Waals surface area contributed by atoms with Crippen LogP contribution in [0.15, 0.2) is 30.9 Å². The Bertz CT molecular complexity index is 486. The van der Waals surface area contributed by atoms with Crippen molar-refractivity contribution in [3.05, 3.63) is 30.9 Å². The first-order valence-corrected chi connectivity index (χ1v) is 4.83. The van der Waals surface area contributed by atoms with Gasteiger partial charge in [0.05, 0.1) is 11.0 Å². The molecule has 0 saturated heterocycles. The Morgan fingerprint density at radius 2 is 2.40 bits per heavy atom. The lowest BCUT2D eigenvalue weighted by Gasteiger charge is -2.05. The minimum absolute atomic E-state index is 0.183. The lowest BCUT2D eigenvalue weighted by atomic mass is 10.3. The third-order valence-electron chi connectivity index (χ3n) is 2.22. The van der Waals surface area contributed by atoms with Crippen LogP contribution < -0.4 is 11.1 Å². The first kappa shape index (κ1) is 9.58. The van der Waals surface area contributed by atoms with Crippen molar-refractivity contribution >= 4 is 22.7 Å². The number of anilines is 2. The van der Waals surface area contributed by atoms with Gasteiger partial charge in [-0.3, -0.25) is 0 Å². The molecule has 78 valence electrons. The normalized spacial score (nSPS) is 12.6. The predicted molar refractivity (Wildman–Crippen MR) is 63.8 cm³/mol. The van der Waals surface area contributed by atoms with Crippen LogP contribution in [0.2, 0.25) is 0 Å². The minimum atomic E-state index is 0.183. The van der Waals surface area contributed by atoms with Gasteiger partial charge in [-0.25, -0.2) is 4.98 Å². The maximum absolute atomic E-state index is 5.68. The van der Waals surface area contributed by atoms with Gasteiger partial charge in [-0.1, -0.05) is 6.08 Å². The van der Waals surface area contributed by atoms with E-state index in [4.69, 9.17) is 5.73 Å². The molecule has 0 radical (unpaired) electrons. The van der Waals surface area contributed by atoms with Gasteiger partial charge < -0.3 is 16.0 Å². The van der Waals surface area contributed by atoms with Crippen molar-refractivity contribution in [3.8, 4) is 0 Å². The number of fused-ring (bicyclic) bond motifs is 1. The summed E-state index contributed by atoms with van der Waals surface area (Å²) in [6.07, 6.45) is 1.82. The molecule has 2 rings (SSSR count). The number of rotatable bonds is 3. The zero-order valence-electron chi connectivity index (χ0n) is 8.62. The van der Waals surface area contributed by atoms with E-state index in [1.54, 1.807) is 0 Å². The summed E-state index contributed by atoms with van der Waals surface area (Å²) in [5.74, 6) is 0.739. The van der Waals surface area contributed by atoms with E-state index in [1.807, 2.05) is 31.2 Å². The molecular weight excluding hydrogens is 188 g/mol. The second-order valence-electron chi connectivity index (χ2n) is 3.53. The highest BCUT2D eigenvalue weighted by Gasteiger charge is 2.03. The Morgan fingerprint density at radius 1 is 1.60 bits per heavy atom. The zero-order valence-corrected chi connectivity index (χ0v) is 8.62. The van der Waals surface area contributed by atoms with E-state index in [9.17, 15) is 0 Å². The SMILES string of the molecule is C=CC(C)Nc1nc2ccc(N)cc2[nH]1. The number of aromatic amines is 1. The summed E-state index contributed by atoms with van der Waals surface area (Å²) in [6.45, 7) is 5.71. The van der Waals surface area contributed by atoms with Crippen molar-refractivity contribution in [2.45, 2.75) is 13.0 Å². The molecule has 0 spiro atoms. The number of imidazole rings is 1. The highest BCUT2D eigenvalue weighted by atomic mass is 15.1. The average Bonchev–Trinajstić information content (AvgIpc) is 2.59. The largest absolute Gasteiger partial charge is 0.399 e. The fourth-order valence-electron chi connectivity index (χ4n) is 1.37. The maximum Gasteiger partial charge on any atom is 0.201 e. The lowest BCUT2D eigenvalue weighted by Crippen LogP contribution is -2.12. The number of hydrogen-bond donors (Lipinski definition) is 3. The molecule has 2 aromatic rings. The number of H-pyrrole nitrogens is 1. The molecule has 1 unspecified atom stereocenters. The molecule has 4 nitrogen and oxygen atoms in total.